The summed E-state index contributed by atoms with van der Waals surface area (Å²) < 4.78 is 0. The fourth-order valence-electron chi connectivity index (χ4n) is 2.90. The first-order valence-corrected chi connectivity index (χ1v) is 5.68. The first-order chi connectivity index (χ1) is 6.33. The van der Waals surface area contributed by atoms with Crippen LogP contribution in [0.15, 0.2) is 23.3 Å². The molecule has 1 saturated carbocycles. The summed E-state index contributed by atoms with van der Waals surface area (Å²) in [4.78, 5) is 0. The van der Waals surface area contributed by atoms with Crippen molar-refractivity contribution in [3.63, 3.8) is 0 Å². The minimum absolute atomic E-state index is 0.897. The number of fused-ring (bicyclic) bond motifs is 1. The Morgan fingerprint density at radius 1 is 1.38 bits per heavy atom. The number of hydrogen-bond acceptors (Lipinski definition) is 0. The Morgan fingerprint density at radius 2 is 2.23 bits per heavy atom. The minimum atomic E-state index is 0.897. The predicted molar refractivity (Wildman–Crippen MR) is 57.6 cm³/mol. The van der Waals surface area contributed by atoms with Crippen molar-refractivity contribution >= 4 is 0 Å². The molecule has 0 radical (unpaired) electrons. The van der Waals surface area contributed by atoms with E-state index >= 15 is 0 Å². The van der Waals surface area contributed by atoms with Crippen molar-refractivity contribution in [2.45, 2.75) is 46.0 Å². The van der Waals surface area contributed by atoms with Crippen LogP contribution in [0, 0.1) is 11.8 Å². The van der Waals surface area contributed by atoms with Gasteiger partial charge in [-0.1, -0.05) is 19.1 Å². The van der Waals surface area contributed by atoms with E-state index in [1.54, 1.807) is 11.1 Å². The summed E-state index contributed by atoms with van der Waals surface area (Å²) in [6.45, 7) is 4.62. The molecule has 2 aliphatic rings. The Morgan fingerprint density at radius 3 is 3.00 bits per heavy atom. The Bertz CT molecular complexity index is 245. The van der Waals surface area contributed by atoms with E-state index in [9.17, 15) is 0 Å². The lowest BCUT2D eigenvalue weighted by Gasteiger charge is -2.36. The van der Waals surface area contributed by atoms with Crippen LogP contribution in [0.25, 0.3) is 0 Å². The van der Waals surface area contributed by atoms with E-state index in [1.807, 2.05) is 0 Å². The van der Waals surface area contributed by atoms with Crippen molar-refractivity contribution in [3.05, 3.63) is 23.3 Å². The molecule has 0 amide bonds. The van der Waals surface area contributed by atoms with Gasteiger partial charge in [0.25, 0.3) is 0 Å². The van der Waals surface area contributed by atoms with Crippen molar-refractivity contribution in [2.24, 2.45) is 11.8 Å². The maximum Gasteiger partial charge on any atom is -0.0137 e. The molecule has 0 N–H and O–H groups in total. The van der Waals surface area contributed by atoms with Crippen molar-refractivity contribution < 1.29 is 0 Å². The third-order valence-electron chi connectivity index (χ3n) is 3.76. The standard InChI is InChI=1S/C13H20/c1-3-11-9-8-10(2)12-6-4-5-7-13(11)12/h3,7,10,12H,4-6,8-9H2,1-2H3/b11-3+/t10-,12+/m0/s1. The first kappa shape index (κ1) is 9.05. The van der Waals surface area contributed by atoms with Crippen LogP contribution in [0.1, 0.15) is 46.0 Å². The van der Waals surface area contributed by atoms with Crippen LogP contribution >= 0.6 is 0 Å². The van der Waals surface area contributed by atoms with Gasteiger partial charge in [0.05, 0.1) is 0 Å². The van der Waals surface area contributed by atoms with Crippen molar-refractivity contribution in [3.8, 4) is 0 Å². The molecule has 0 aromatic heterocycles. The first-order valence-electron chi connectivity index (χ1n) is 5.68. The fourth-order valence-corrected chi connectivity index (χ4v) is 2.90. The van der Waals surface area contributed by atoms with Crippen molar-refractivity contribution in [1.29, 1.82) is 0 Å². The van der Waals surface area contributed by atoms with Crippen molar-refractivity contribution in [1.82, 2.24) is 0 Å². The van der Waals surface area contributed by atoms with E-state index in [0.29, 0.717) is 0 Å². The third-order valence-corrected chi connectivity index (χ3v) is 3.76. The number of hydrogen-bond donors (Lipinski definition) is 0. The molecule has 0 aliphatic heterocycles. The highest BCUT2D eigenvalue weighted by molar-refractivity contribution is 5.36. The van der Waals surface area contributed by atoms with Gasteiger partial charge in [0.2, 0.25) is 0 Å². The summed E-state index contributed by atoms with van der Waals surface area (Å²) in [5.41, 5.74) is 3.34. The van der Waals surface area contributed by atoms with Crippen LogP contribution in [0.5, 0.6) is 0 Å². The summed E-state index contributed by atoms with van der Waals surface area (Å²) in [6, 6.07) is 0. The summed E-state index contributed by atoms with van der Waals surface area (Å²) in [5.74, 6) is 1.82. The maximum atomic E-state index is 2.50. The molecule has 0 nitrogen and oxygen atoms in total. The summed E-state index contributed by atoms with van der Waals surface area (Å²) in [5, 5.41) is 0. The Balaban J connectivity index is 2.27. The van der Waals surface area contributed by atoms with Gasteiger partial charge in [-0.15, -0.1) is 0 Å². The minimum Gasteiger partial charge on any atom is -0.0842 e. The van der Waals surface area contributed by atoms with E-state index in [4.69, 9.17) is 0 Å². The molecule has 0 saturated heterocycles. The molecule has 72 valence electrons. The molecule has 0 bridgehead atoms. The van der Waals surface area contributed by atoms with Crippen LogP contribution in [-0.4, -0.2) is 0 Å². The van der Waals surface area contributed by atoms with Gasteiger partial charge in [-0.25, -0.2) is 0 Å². The topological polar surface area (TPSA) is 0 Å². The molecule has 0 heterocycles. The zero-order chi connectivity index (χ0) is 9.26. The average Bonchev–Trinajstić information content (AvgIpc) is 2.19. The van der Waals surface area contributed by atoms with Gasteiger partial charge in [-0.2, -0.15) is 0 Å². The van der Waals surface area contributed by atoms with Crippen LogP contribution in [0.4, 0.5) is 0 Å². The highest BCUT2D eigenvalue weighted by atomic mass is 14.3. The second-order valence-corrected chi connectivity index (χ2v) is 4.53. The molecule has 0 spiro atoms. The highest BCUT2D eigenvalue weighted by Crippen LogP contribution is 2.42. The van der Waals surface area contributed by atoms with Crippen LogP contribution in [-0.2, 0) is 0 Å². The van der Waals surface area contributed by atoms with Gasteiger partial charge in [-0.05, 0) is 62.0 Å². The van der Waals surface area contributed by atoms with E-state index in [2.05, 4.69) is 26.0 Å². The van der Waals surface area contributed by atoms with Crippen LogP contribution in [0.2, 0.25) is 0 Å². The Labute approximate surface area is 81.7 Å². The van der Waals surface area contributed by atoms with Gasteiger partial charge < -0.3 is 0 Å². The molecule has 2 rings (SSSR count). The molecule has 0 heteroatoms. The normalized spacial score (nSPS) is 37.1. The molecule has 0 aromatic carbocycles. The Hall–Kier alpha value is -0.520. The average molecular weight is 176 g/mol. The van der Waals surface area contributed by atoms with Crippen LogP contribution < -0.4 is 0 Å². The quantitative estimate of drug-likeness (QED) is 0.521. The van der Waals surface area contributed by atoms with Gasteiger partial charge in [0, 0.05) is 0 Å². The maximum absolute atomic E-state index is 2.50. The molecule has 1 fully saturated rings. The SMILES string of the molecule is C/C=C1\CC[C@H](C)[C@H]2CCCC=C12. The summed E-state index contributed by atoms with van der Waals surface area (Å²) >= 11 is 0. The molecule has 0 aromatic rings. The zero-order valence-corrected chi connectivity index (χ0v) is 8.84. The molecule has 13 heavy (non-hydrogen) atoms. The van der Waals surface area contributed by atoms with Gasteiger partial charge in [0.15, 0.2) is 0 Å². The zero-order valence-electron chi connectivity index (χ0n) is 8.84. The van der Waals surface area contributed by atoms with Crippen molar-refractivity contribution in [2.75, 3.05) is 0 Å². The van der Waals surface area contributed by atoms with E-state index in [-0.39, 0.29) is 0 Å². The molecular weight excluding hydrogens is 156 g/mol. The number of allylic oxidation sites excluding steroid dienone is 4. The summed E-state index contributed by atoms with van der Waals surface area (Å²) in [6.07, 6.45) is 11.7. The number of rotatable bonds is 0. The predicted octanol–water partition coefficient (Wildman–Crippen LogP) is 4.09. The lowest BCUT2D eigenvalue weighted by atomic mass is 9.69. The van der Waals surface area contributed by atoms with Gasteiger partial charge >= 0.3 is 0 Å². The van der Waals surface area contributed by atoms with E-state index in [0.717, 1.165) is 11.8 Å². The fraction of sp³-hybridized carbons (Fsp3) is 0.692. The molecule has 2 atom stereocenters. The lowest BCUT2D eigenvalue weighted by molar-refractivity contribution is 0.324. The lowest BCUT2D eigenvalue weighted by Crippen LogP contribution is -2.23. The molecule has 0 unspecified atom stereocenters. The molecular formula is C13H20. The third kappa shape index (κ3) is 1.59. The second kappa shape index (κ2) is 3.69. The smallest absolute Gasteiger partial charge is 0.0137 e. The highest BCUT2D eigenvalue weighted by Gasteiger charge is 2.29. The van der Waals surface area contributed by atoms with E-state index < -0.39 is 0 Å². The van der Waals surface area contributed by atoms with E-state index in [1.165, 1.54) is 32.1 Å². The largest absolute Gasteiger partial charge is 0.0842 e. The van der Waals surface area contributed by atoms with Gasteiger partial charge in [-0.3, -0.25) is 0 Å². The Kier molecular flexibility index (Phi) is 2.57. The second-order valence-electron chi connectivity index (χ2n) is 4.53. The van der Waals surface area contributed by atoms with Crippen LogP contribution in [0.3, 0.4) is 0 Å². The molecule has 2 aliphatic carbocycles. The summed E-state index contributed by atoms with van der Waals surface area (Å²) in [7, 11) is 0. The van der Waals surface area contributed by atoms with Gasteiger partial charge in [0.1, 0.15) is 0 Å². The monoisotopic (exact) mass is 176 g/mol.